The average Bonchev–Trinajstić information content (AvgIpc) is 3.52. The number of pyridine rings is 1. The Morgan fingerprint density at radius 2 is 2.16 bits per heavy atom. The maximum Gasteiger partial charge on any atom is 0.139 e. The van der Waals surface area contributed by atoms with E-state index < -0.39 is 0 Å². The molecule has 1 saturated heterocycles. The second-order valence-electron chi connectivity index (χ2n) is 8.49. The molecule has 1 fully saturated rings. The van der Waals surface area contributed by atoms with Gasteiger partial charge in [0.1, 0.15) is 17.0 Å². The molecular formula is C24H26N6O. The largest absolute Gasteiger partial charge is 0.495 e. The van der Waals surface area contributed by atoms with Gasteiger partial charge in [0.05, 0.1) is 37.1 Å². The molecule has 2 aliphatic rings. The molecule has 6 rings (SSSR count). The number of hydrogen-bond donors (Lipinski definition) is 1. The lowest BCUT2D eigenvalue weighted by Crippen LogP contribution is -2.50. The van der Waals surface area contributed by atoms with Crippen LogP contribution in [-0.4, -0.2) is 50.1 Å². The zero-order valence-electron chi connectivity index (χ0n) is 17.9. The Bertz CT molecular complexity index is 1260. The Kier molecular flexibility index (Phi) is 4.31. The summed E-state index contributed by atoms with van der Waals surface area (Å²) in [7, 11) is 1.64. The zero-order chi connectivity index (χ0) is 20.9. The van der Waals surface area contributed by atoms with Crippen molar-refractivity contribution in [1.29, 1.82) is 0 Å². The SMILES string of the molecule is CCN1CC(n2cc(-c3n[nH]c4cc(OC)cnc34)cn2)C1c1cccc2c1CCC2. The number of benzene rings is 1. The van der Waals surface area contributed by atoms with Crippen LogP contribution < -0.4 is 4.74 Å². The molecule has 31 heavy (non-hydrogen) atoms. The van der Waals surface area contributed by atoms with E-state index in [0.29, 0.717) is 17.8 Å². The maximum atomic E-state index is 5.27. The van der Waals surface area contributed by atoms with Gasteiger partial charge in [0, 0.05) is 24.4 Å². The summed E-state index contributed by atoms with van der Waals surface area (Å²) in [4.78, 5) is 7.09. The quantitative estimate of drug-likeness (QED) is 0.536. The van der Waals surface area contributed by atoms with Gasteiger partial charge in [-0.1, -0.05) is 25.1 Å². The molecule has 2 unspecified atom stereocenters. The Balaban J connectivity index is 1.34. The number of ether oxygens (including phenoxy) is 1. The van der Waals surface area contributed by atoms with Crippen LogP contribution in [0.1, 0.15) is 42.1 Å². The summed E-state index contributed by atoms with van der Waals surface area (Å²) >= 11 is 0. The molecule has 0 bridgehead atoms. The fraction of sp³-hybridized carbons (Fsp3) is 0.375. The van der Waals surface area contributed by atoms with Gasteiger partial charge in [-0.3, -0.25) is 14.7 Å². The van der Waals surface area contributed by atoms with Gasteiger partial charge < -0.3 is 4.74 Å². The standard InChI is InChI=1S/C24H26N6O/c1-3-29-14-21(24(29)19-9-5-7-15-6-4-8-18(15)19)30-13-16(11-26-30)22-23-20(27-28-22)10-17(31-2)12-25-23/h5,7,9-13,21,24H,3-4,6,8,14H2,1-2H3,(H,27,28). The summed E-state index contributed by atoms with van der Waals surface area (Å²) in [6.45, 7) is 4.31. The monoisotopic (exact) mass is 414 g/mol. The van der Waals surface area contributed by atoms with E-state index in [9.17, 15) is 0 Å². The molecule has 1 aliphatic heterocycles. The van der Waals surface area contributed by atoms with Crippen molar-refractivity contribution in [3.63, 3.8) is 0 Å². The van der Waals surface area contributed by atoms with E-state index in [1.54, 1.807) is 18.9 Å². The number of fused-ring (bicyclic) bond motifs is 2. The molecule has 7 nitrogen and oxygen atoms in total. The topological polar surface area (TPSA) is 71.9 Å². The molecule has 0 radical (unpaired) electrons. The average molecular weight is 415 g/mol. The van der Waals surface area contributed by atoms with E-state index in [1.165, 1.54) is 30.4 Å². The predicted octanol–water partition coefficient (Wildman–Crippen LogP) is 3.94. The first-order valence-electron chi connectivity index (χ1n) is 11.0. The fourth-order valence-electron chi connectivity index (χ4n) is 5.29. The zero-order valence-corrected chi connectivity index (χ0v) is 17.9. The highest BCUT2D eigenvalue weighted by atomic mass is 16.5. The third-order valence-electron chi connectivity index (χ3n) is 6.91. The number of likely N-dealkylation sites (tertiary alicyclic amines) is 1. The Morgan fingerprint density at radius 1 is 1.23 bits per heavy atom. The number of nitrogens with zero attached hydrogens (tertiary/aromatic N) is 5. The van der Waals surface area contributed by atoms with Gasteiger partial charge in [0.25, 0.3) is 0 Å². The van der Waals surface area contributed by atoms with Crippen molar-refractivity contribution in [2.45, 2.75) is 38.3 Å². The van der Waals surface area contributed by atoms with Crippen molar-refractivity contribution < 1.29 is 4.74 Å². The van der Waals surface area contributed by atoms with E-state index in [-0.39, 0.29) is 0 Å². The van der Waals surface area contributed by atoms with Crippen molar-refractivity contribution in [2.24, 2.45) is 0 Å². The van der Waals surface area contributed by atoms with E-state index in [0.717, 1.165) is 35.4 Å². The Labute approximate surface area is 181 Å². The summed E-state index contributed by atoms with van der Waals surface area (Å²) in [5.41, 5.74) is 8.10. The smallest absolute Gasteiger partial charge is 0.139 e. The first-order valence-corrected chi connectivity index (χ1v) is 11.0. The fourth-order valence-corrected chi connectivity index (χ4v) is 5.29. The minimum absolute atomic E-state index is 0.332. The summed E-state index contributed by atoms with van der Waals surface area (Å²) in [5, 5.41) is 12.3. The molecule has 7 heteroatoms. The minimum Gasteiger partial charge on any atom is -0.495 e. The van der Waals surface area contributed by atoms with E-state index in [1.807, 2.05) is 12.3 Å². The minimum atomic E-state index is 0.332. The number of hydrogen-bond acceptors (Lipinski definition) is 5. The molecule has 1 aromatic carbocycles. The molecule has 4 aromatic rings. The Hall–Kier alpha value is -3.19. The van der Waals surface area contributed by atoms with Crippen LogP contribution in [0.15, 0.2) is 42.9 Å². The second-order valence-corrected chi connectivity index (χ2v) is 8.49. The van der Waals surface area contributed by atoms with Crippen LogP contribution in [-0.2, 0) is 12.8 Å². The van der Waals surface area contributed by atoms with Crippen LogP contribution in [0, 0.1) is 0 Å². The molecule has 2 atom stereocenters. The number of aromatic amines is 1. The van der Waals surface area contributed by atoms with E-state index >= 15 is 0 Å². The van der Waals surface area contributed by atoms with Crippen LogP contribution in [0.5, 0.6) is 5.75 Å². The van der Waals surface area contributed by atoms with Crippen LogP contribution >= 0.6 is 0 Å². The lowest BCUT2D eigenvalue weighted by molar-refractivity contribution is 0.0195. The lowest BCUT2D eigenvalue weighted by Gasteiger charge is -2.48. The predicted molar refractivity (Wildman–Crippen MR) is 119 cm³/mol. The number of rotatable bonds is 5. The molecule has 1 N–H and O–H groups in total. The van der Waals surface area contributed by atoms with Gasteiger partial charge in [0.2, 0.25) is 0 Å². The van der Waals surface area contributed by atoms with Gasteiger partial charge >= 0.3 is 0 Å². The van der Waals surface area contributed by atoms with E-state index in [2.05, 4.69) is 56.1 Å². The molecule has 0 amide bonds. The van der Waals surface area contributed by atoms with Crippen LogP contribution in [0.25, 0.3) is 22.3 Å². The highest BCUT2D eigenvalue weighted by molar-refractivity contribution is 5.89. The number of aryl methyl sites for hydroxylation is 1. The van der Waals surface area contributed by atoms with Crippen molar-refractivity contribution in [3.8, 4) is 17.0 Å². The second kappa shape index (κ2) is 7.20. The van der Waals surface area contributed by atoms with Crippen LogP contribution in [0.4, 0.5) is 0 Å². The number of H-pyrrole nitrogens is 1. The van der Waals surface area contributed by atoms with Crippen LogP contribution in [0.2, 0.25) is 0 Å². The molecule has 4 heterocycles. The first kappa shape index (κ1) is 18.6. The van der Waals surface area contributed by atoms with Gasteiger partial charge in [0.15, 0.2) is 0 Å². The van der Waals surface area contributed by atoms with Crippen molar-refractivity contribution in [3.05, 3.63) is 59.5 Å². The number of likely N-dealkylation sites (N-methyl/N-ethyl adjacent to an activating group) is 1. The lowest BCUT2D eigenvalue weighted by atomic mass is 9.85. The third kappa shape index (κ3) is 2.87. The number of aromatic nitrogens is 5. The molecule has 0 spiro atoms. The summed E-state index contributed by atoms with van der Waals surface area (Å²) in [6.07, 6.45) is 9.43. The van der Waals surface area contributed by atoms with Crippen molar-refractivity contribution >= 4 is 11.0 Å². The van der Waals surface area contributed by atoms with Gasteiger partial charge in [-0.05, 0) is 42.5 Å². The first-order chi connectivity index (χ1) is 15.3. The Morgan fingerprint density at radius 3 is 3.03 bits per heavy atom. The third-order valence-corrected chi connectivity index (χ3v) is 6.91. The van der Waals surface area contributed by atoms with Crippen molar-refractivity contribution in [1.82, 2.24) is 29.9 Å². The summed E-state index contributed by atoms with van der Waals surface area (Å²) < 4.78 is 7.40. The van der Waals surface area contributed by atoms with Crippen molar-refractivity contribution in [2.75, 3.05) is 20.2 Å². The molecular weight excluding hydrogens is 388 g/mol. The number of methoxy groups -OCH3 is 1. The molecule has 1 aliphatic carbocycles. The van der Waals surface area contributed by atoms with Gasteiger partial charge in [-0.25, -0.2) is 4.98 Å². The molecule has 3 aromatic heterocycles. The number of nitrogens with one attached hydrogen (secondary N) is 1. The molecule has 158 valence electrons. The maximum absolute atomic E-state index is 5.27. The molecule has 0 saturated carbocycles. The highest BCUT2D eigenvalue weighted by Crippen LogP contribution is 2.45. The van der Waals surface area contributed by atoms with Gasteiger partial charge in [-0.15, -0.1) is 0 Å². The summed E-state index contributed by atoms with van der Waals surface area (Å²) in [5.74, 6) is 0.714. The highest BCUT2D eigenvalue weighted by Gasteiger charge is 2.42. The van der Waals surface area contributed by atoms with Gasteiger partial charge in [-0.2, -0.15) is 10.2 Å². The normalized spacial score (nSPS) is 20.7. The summed E-state index contributed by atoms with van der Waals surface area (Å²) in [6, 6.07) is 9.48. The van der Waals surface area contributed by atoms with E-state index in [4.69, 9.17) is 9.84 Å². The van der Waals surface area contributed by atoms with Crippen LogP contribution in [0.3, 0.4) is 0 Å².